The average Bonchev–Trinajstić information content (AvgIpc) is 3.39. The molecule has 0 saturated carbocycles. The first-order chi connectivity index (χ1) is 13.1. The molecule has 1 N–H and O–H groups in total. The van der Waals surface area contributed by atoms with Gasteiger partial charge in [-0.3, -0.25) is 4.79 Å². The van der Waals surface area contributed by atoms with Gasteiger partial charge in [0.05, 0.1) is 6.54 Å². The van der Waals surface area contributed by atoms with E-state index in [1.54, 1.807) is 28.8 Å². The van der Waals surface area contributed by atoms with E-state index in [-0.39, 0.29) is 16.7 Å². The van der Waals surface area contributed by atoms with Gasteiger partial charge in [0, 0.05) is 11.4 Å². The van der Waals surface area contributed by atoms with Crippen LogP contribution in [0.3, 0.4) is 0 Å². The summed E-state index contributed by atoms with van der Waals surface area (Å²) in [6, 6.07) is 14.1. The molecule has 3 aromatic rings. The van der Waals surface area contributed by atoms with E-state index in [4.69, 9.17) is 0 Å². The van der Waals surface area contributed by atoms with Gasteiger partial charge in [0.15, 0.2) is 0 Å². The second-order valence-electron chi connectivity index (χ2n) is 6.27. The van der Waals surface area contributed by atoms with Crippen LogP contribution in [-0.2, 0) is 34.3 Å². The smallest absolute Gasteiger partial charge is 0.253 e. The highest BCUT2D eigenvalue weighted by Crippen LogP contribution is 2.31. The van der Waals surface area contributed by atoms with E-state index in [9.17, 15) is 13.2 Å². The fourth-order valence-electron chi connectivity index (χ4n) is 3.21. The minimum absolute atomic E-state index is 0.202. The highest BCUT2D eigenvalue weighted by Gasteiger charge is 2.39. The summed E-state index contributed by atoms with van der Waals surface area (Å²) in [7, 11) is -3.73. The summed E-state index contributed by atoms with van der Waals surface area (Å²) in [5.74, 6) is -0.266. The number of carbonyl (C=O) groups excluding carboxylic acids is 1. The van der Waals surface area contributed by atoms with Crippen molar-refractivity contribution in [3.63, 3.8) is 0 Å². The van der Waals surface area contributed by atoms with E-state index < -0.39 is 16.1 Å². The summed E-state index contributed by atoms with van der Waals surface area (Å²) in [4.78, 5) is 14.0. The molecule has 1 amide bonds. The van der Waals surface area contributed by atoms with Crippen molar-refractivity contribution >= 4 is 38.6 Å². The molecule has 1 aliphatic heterocycles. The fourth-order valence-corrected chi connectivity index (χ4v) is 6.54. The maximum atomic E-state index is 13.2. The lowest BCUT2D eigenvalue weighted by atomic mass is 9.95. The zero-order valence-electron chi connectivity index (χ0n) is 14.4. The fraction of sp³-hybridized carbons (Fsp3) is 0.211. The van der Waals surface area contributed by atoms with Crippen LogP contribution >= 0.6 is 22.7 Å². The topological polar surface area (TPSA) is 66.5 Å². The minimum atomic E-state index is -3.73. The summed E-state index contributed by atoms with van der Waals surface area (Å²) in [6.45, 7) is 0.606. The third-order valence-corrected chi connectivity index (χ3v) is 8.69. The largest absolute Gasteiger partial charge is 0.350 e. The predicted octanol–water partition coefficient (Wildman–Crippen LogP) is 3.24. The summed E-state index contributed by atoms with van der Waals surface area (Å²) in [5, 5.41) is 6.58. The van der Waals surface area contributed by atoms with Crippen LogP contribution in [0.4, 0.5) is 0 Å². The Labute approximate surface area is 166 Å². The number of nitrogens with zero attached hydrogens (tertiary/aromatic N) is 1. The number of sulfonamides is 1. The van der Waals surface area contributed by atoms with Crippen LogP contribution in [0, 0.1) is 0 Å². The second-order valence-corrected chi connectivity index (χ2v) is 10.4. The van der Waals surface area contributed by atoms with Crippen LogP contribution in [-0.4, -0.2) is 24.7 Å². The summed E-state index contributed by atoms with van der Waals surface area (Å²) in [6.07, 6.45) is 0.372. The molecule has 3 heterocycles. The van der Waals surface area contributed by atoms with Crippen molar-refractivity contribution < 1.29 is 13.2 Å². The van der Waals surface area contributed by atoms with Crippen molar-refractivity contribution in [2.45, 2.75) is 29.8 Å². The summed E-state index contributed by atoms with van der Waals surface area (Å²) in [5.41, 5.74) is 1.96. The molecule has 0 fully saturated rings. The number of hydrogen-bond donors (Lipinski definition) is 1. The van der Waals surface area contributed by atoms with Gasteiger partial charge in [-0.1, -0.05) is 36.4 Å². The lowest BCUT2D eigenvalue weighted by Gasteiger charge is -2.34. The Bertz CT molecular complexity index is 1030. The molecule has 1 aliphatic rings. The molecule has 0 spiro atoms. The van der Waals surface area contributed by atoms with E-state index in [0.717, 1.165) is 16.0 Å². The summed E-state index contributed by atoms with van der Waals surface area (Å²) >= 11 is 2.73. The van der Waals surface area contributed by atoms with Gasteiger partial charge >= 0.3 is 0 Å². The SMILES string of the molecule is O=C(NCc1cccs1)[C@@H]1Cc2ccccc2CN1S(=O)(=O)c1cccs1. The summed E-state index contributed by atoms with van der Waals surface area (Å²) < 4.78 is 27.9. The zero-order valence-corrected chi connectivity index (χ0v) is 16.8. The van der Waals surface area contributed by atoms with Gasteiger partial charge < -0.3 is 5.32 Å². The van der Waals surface area contributed by atoms with E-state index in [1.807, 2.05) is 41.8 Å². The van der Waals surface area contributed by atoms with E-state index in [0.29, 0.717) is 13.0 Å². The molecule has 0 aliphatic carbocycles. The second kappa shape index (κ2) is 7.55. The van der Waals surface area contributed by atoms with Crippen LogP contribution in [0.5, 0.6) is 0 Å². The van der Waals surface area contributed by atoms with Gasteiger partial charge in [0.25, 0.3) is 10.0 Å². The molecule has 0 unspecified atom stereocenters. The Morgan fingerprint density at radius 3 is 2.48 bits per heavy atom. The lowest BCUT2D eigenvalue weighted by molar-refractivity contribution is -0.125. The number of benzene rings is 1. The van der Waals surface area contributed by atoms with Gasteiger partial charge in [-0.15, -0.1) is 22.7 Å². The van der Waals surface area contributed by atoms with Crippen LogP contribution < -0.4 is 5.32 Å². The third-order valence-electron chi connectivity index (χ3n) is 4.58. The van der Waals surface area contributed by atoms with E-state index in [1.165, 1.54) is 15.6 Å². The molecule has 8 heteroatoms. The Kier molecular flexibility index (Phi) is 5.14. The number of rotatable bonds is 5. The van der Waals surface area contributed by atoms with Gasteiger partial charge in [0.2, 0.25) is 5.91 Å². The van der Waals surface area contributed by atoms with Gasteiger partial charge in [-0.25, -0.2) is 8.42 Å². The van der Waals surface area contributed by atoms with E-state index in [2.05, 4.69) is 5.32 Å². The van der Waals surface area contributed by atoms with Crippen molar-refractivity contribution in [3.8, 4) is 0 Å². The predicted molar refractivity (Wildman–Crippen MR) is 107 cm³/mol. The molecule has 2 aromatic heterocycles. The zero-order chi connectivity index (χ0) is 18.9. The normalized spacial score (nSPS) is 17.4. The number of nitrogens with one attached hydrogen (secondary N) is 1. The van der Waals surface area contributed by atoms with Gasteiger partial charge in [-0.2, -0.15) is 4.31 Å². The first-order valence-corrected chi connectivity index (χ1v) is 11.7. The Morgan fingerprint density at radius 2 is 1.78 bits per heavy atom. The first kappa shape index (κ1) is 18.4. The Balaban J connectivity index is 1.64. The lowest BCUT2D eigenvalue weighted by Crippen LogP contribution is -2.52. The van der Waals surface area contributed by atoms with Crippen molar-refractivity contribution in [2.75, 3.05) is 0 Å². The van der Waals surface area contributed by atoms with Crippen LogP contribution in [0.1, 0.15) is 16.0 Å². The Hall–Kier alpha value is -2.00. The standard InChI is InChI=1S/C19H18N2O3S3/c22-19(20-12-16-7-3-9-25-16)17-11-14-5-1-2-6-15(14)13-21(17)27(23,24)18-8-4-10-26-18/h1-10,17H,11-13H2,(H,20,22)/t17-/m0/s1. The van der Waals surface area contributed by atoms with Crippen LogP contribution in [0.2, 0.25) is 0 Å². The molecule has 1 aromatic carbocycles. The maximum Gasteiger partial charge on any atom is 0.253 e. The van der Waals surface area contributed by atoms with Crippen molar-refractivity contribution in [3.05, 3.63) is 75.3 Å². The quantitative estimate of drug-likeness (QED) is 0.692. The highest BCUT2D eigenvalue weighted by molar-refractivity contribution is 7.91. The number of carbonyl (C=O) groups is 1. The minimum Gasteiger partial charge on any atom is -0.350 e. The van der Waals surface area contributed by atoms with Crippen LogP contribution in [0.15, 0.2) is 63.5 Å². The number of fused-ring (bicyclic) bond motifs is 1. The first-order valence-electron chi connectivity index (χ1n) is 8.48. The van der Waals surface area contributed by atoms with Crippen LogP contribution in [0.25, 0.3) is 0 Å². The molecule has 0 saturated heterocycles. The molecule has 1 atom stereocenters. The highest BCUT2D eigenvalue weighted by atomic mass is 32.2. The molecule has 0 bridgehead atoms. The number of hydrogen-bond acceptors (Lipinski definition) is 5. The average molecular weight is 419 g/mol. The van der Waals surface area contributed by atoms with Gasteiger partial charge in [0.1, 0.15) is 10.3 Å². The molecule has 4 rings (SSSR count). The maximum absolute atomic E-state index is 13.2. The number of amides is 1. The van der Waals surface area contributed by atoms with Gasteiger partial charge in [-0.05, 0) is 40.4 Å². The molecule has 140 valence electrons. The van der Waals surface area contributed by atoms with E-state index >= 15 is 0 Å². The van der Waals surface area contributed by atoms with Crippen molar-refractivity contribution in [1.29, 1.82) is 0 Å². The molecule has 27 heavy (non-hydrogen) atoms. The Morgan fingerprint density at radius 1 is 1.04 bits per heavy atom. The monoisotopic (exact) mass is 418 g/mol. The third kappa shape index (κ3) is 3.70. The van der Waals surface area contributed by atoms with Crippen molar-refractivity contribution in [2.24, 2.45) is 0 Å². The molecule has 5 nitrogen and oxygen atoms in total. The molecular formula is C19H18N2O3S3. The van der Waals surface area contributed by atoms with Crippen molar-refractivity contribution in [1.82, 2.24) is 9.62 Å². The molecule has 0 radical (unpaired) electrons. The molecular weight excluding hydrogens is 400 g/mol. The number of thiophene rings is 2.